The van der Waals surface area contributed by atoms with E-state index in [0.717, 1.165) is 4.47 Å². The molecule has 1 atom stereocenters. The summed E-state index contributed by atoms with van der Waals surface area (Å²) in [6.45, 7) is 0. The summed E-state index contributed by atoms with van der Waals surface area (Å²) >= 11 is 3.46. The third-order valence-electron chi connectivity index (χ3n) is 5.87. The van der Waals surface area contributed by atoms with Crippen LogP contribution < -0.4 is 5.56 Å². The average molecular weight is 540 g/mol. The summed E-state index contributed by atoms with van der Waals surface area (Å²) in [5.74, 6) is -2.08. The van der Waals surface area contributed by atoms with Gasteiger partial charge in [-0.05, 0) is 29.3 Å². The van der Waals surface area contributed by atoms with Gasteiger partial charge >= 0.3 is 12.1 Å². The molecule has 0 saturated heterocycles. The van der Waals surface area contributed by atoms with Gasteiger partial charge in [-0.25, -0.2) is 5.01 Å². The van der Waals surface area contributed by atoms with Crippen molar-refractivity contribution in [3.8, 4) is 11.1 Å². The average Bonchev–Trinajstić information content (AvgIpc) is 3.28. The number of benzene rings is 3. The van der Waals surface area contributed by atoms with Crippen molar-refractivity contribution in [1.29, 1.82) is 0 Å². The molecule has 0 fully saturated rings. The summed E-state index contributed by atoms with van der Waals surface area (Å²) in [5, 5.41) is 5.25. The quantitative estimate of drug-likeness (QED) is 0.337. The van der Waals surface area contributed by atoms with Gasteiger partial charge in [0.05, 0.1) is 17.3 Å². The molecule has 0 radical (unpaired) electrons. The topological polar surface area (TPSA) is 65.5 Å². The second-order valence-electron chi connectivity index (χ2n) is 8.08. The molecule has 176 valence electrons. The molecule has 1 amide bonds. The normalized spacial score (nSPS) is 15.9. The second-order valence-corrected chi connectivity index (χ2v) is 9.00. The van der Waals surface area contributed by atoms with Gasteiger partial charge in [-0.2, -0.15) is 18.3 Å². The Morgan fingerprint density at radius 2 is 1.63 bits per heavy atom. The predicted octanol–water partition coefficient (Wildman–Crippen LogP) is 6.20. The van der Waals surface area contributed by atoms with Crippen LogP contribution in [-0.2, 0) is 4.79 Å². The van der Waals surface area contributed by atoms with E-state index < -0.39 is 23.7 Å². The van der Waals surface area contributed by atoms with Crippen LogP contribution >= 0.6 is 15.9 Å². The van der Waals surface area contributed by atoms with Gasteiger partial charge in [0.15, 0.2) is 0 Å². The van der Waals surface area contributed by atoms with Crippen LogP contribution in [0.15, 0.2) is 93.2 Å². The van der Waals surface area contributed by atoms with Gasteiger partial charge in [0, 0.05) is 27.4 Å². The van der Waals surface area contributed by atoms with Gasteiger partial charge in [0.1, 0.15) is 0 Å². The van der Waals surface area contributed by atoms with Crippen LogP contribution in [-0.4, -0.2) is 27.8 Å². The van der Waals surface area contributed by atoms with Crippen molar-refractivity contribution in [3.63, 3.8) is 0 Å². The highest BCUT2D eigenvalue weighted by Gasteiger charge is 2.48. The molecule has 1 N–H and O–H groups in total. The van der Waals surface area contributed by atoms with E-state index in [4.69, 9.17) is 0 Å². The summed E-state index contributed by atoms with van der Waals surface area (Å²) in [7, 11) is 0. The van der Waals surface area contributed by atoms with E-state index in [0.29, 0.717) is 32.6 Å². The van der Waals surface area contributed by atoms with Gasteiger partial charge in [-0.1, -0.05) is 76.6 Å². The van der Waals surface area contributed by atoms with Gasteiger partial charge in [0.25, 0.3) is 5.56 Å². The lowest BCUT2D eigenvalue weighted by Crippen LogP contribution is -2.38. The first-order valence-corrected chi connectivity index (χ1v) is 11.5. The summed E-state index contributed by atoms with van der Waals surface area (Å²) in [6.07, 6.45) is -5.16. The molecule has 0 bridgehead atoms. The first-order valence-electron chi connectivity index (χ1n) is 10.7. The number of H-pyrrole nitrogens is 1. The van der Waals surface area contributed by atoms with Crippen LogP contribution in [0.2, 0.25) is 0 Å². The fraction of sp³-hybridized carbons (Fsp3) is 0.115. The fourth-order valence-electron chi connectivity index (χ4n) is 4.36. The van der Waals surface area contributed by atoms with Crippen molar-refractivity contribution in [2.45, 2.75) is 18.6 Å². The Kier molecular flexibility index (Phi) is 5.80. The zero-order chi connectivity index (χ0) is 24.7. The second kappa shape index (κ2) is 8.81. The molecule has 5 nitrogen and oxygen atoms in total. The number of hydrogen-bond acceptors (Lipinski definition) is 3. The molecule has 2 heterocycles. The molecule has 4 aromatic rings. The molecule has 1 unspecified atom stereocenters. The smallest absolute Gasteiger partial charge is 0.321 e. The summed E-state index contributed by atoms with van der Waals surface area (Å²) in [4.78, 5) is 28.5. The van der Waals surface area contributed by atoms with Gasteiger partial charge in [-0.15, -0.1) is 0 Å². The third-order valence-corrected chi connectivity index (χ3v) is 6.37. The summed E-state index contributed by atoms with van der Waals surface area (Å²) in [5.41, 5.74) is 2.06. The highest BCUT2D eigenvalue weighted by Crippen LogP contribution is 2.39. The predicted molar refractivity (Wildman–Crippen MR) is 131 cm³/mol. The maximum Gasteiger partial charge on any atom is 0.473 e. The molecule has 1 aliphatic rings. The minimum atomic E-state index is -5.12. The Balaban J connectivity index is 1.76. The van der Waals surface area contributed by atoms with Crippen molar-refractivity contribution in [3.05, 3.63) is 105 Å². The van der Waals surface area contributed by atoms with Crippen LogP contribution in [0, 0.1) is 0 Å². The Morgan fingerprint density at radius 1 is 0.971 bits per heavy atom. The number of fused-ring (bicyclic) bond motifs is 1. The molecular weight excluding hydrogens is 523 g/mol. The highest BCUT2D eigenvalue weighted by atomic mass is 79.9. The number of nitrogens with zero attached hydrogens (tertiary/aromatic N) is 2. The van der Waals surface area contributed by atoms with E-state index >= 15 is 0 Å². The van der Waals surface area contributed by atoms with E-state index in [1.807, 2.05) is 36.4 Å². The Labute approximate surface area is 206 Å². The molecule has 0 spiro atoms. The number of halogens is 4. The molecule has 35 heavy (non-hydrogen) atoms. The van der Waals surface area contributed by atoms with Crippen LogP contribution in [0.3, 0.4) is 0 Å². The van der Waals surface area contributed by atoms with Crippen molar-refractivity contribution >= 4 is 38.5 Å². The largest absolute Gasteiger partial charge is 0.473 e. The van der Waals surface area contributed by atoms with Crippen LogP contribution in [0.5, 0.6) is 0 Å². The number of carbonyl (C=O) groups is 1. The van der Waals surface area contributed by atoms with Gasteiger partial charge in [-0.3, -0.25) is 9.59 Å². The lowest BCUT2D eigenvalue weighted by atomic mass is 9.91. The molecule has 9 heteroatoms. The Hall–Kier alpha value is -3.72. The number of alkyl halides is 3. The van der Waals surface area contributed by atoms with E-state index in [-0.39, 0.29) is 17.7 Å². The van der Waals surface area contributed by atoms with E-state index in [2.05, 4.69) is 26.0 Å². The van der Waals surface area contributed by atoms with Crippen molar-refractivity contribution in [2.24, 2.45) is 5.10 Å². The number of aromatic amines is 1. The lowest BCUT2D eigenvalue weighted by Gasteiger charge is -2.22. The number of amides is 1. The van der Waals surface area contributed by atoms with Crippen molar-refractivity contribution in [1.82, 2.24) is 9.99 Å². The van der Waals surface area contributed by atoms with E-state index in [9.17, 15) is 22.8 Å². The number of hydrogen-bond donors (Lipinski definition) is 1. The Bertz CT molecular complexity index is 1520. The minimum absolute atomic E-state index is 0.0474. The number of rotatable bonds is 3. The number of aromatic nitrogens is 1. The highest BCUT2D eigenvalue weighted by molar-refractivity contribution is 9.10. The molecule has 3 aromatic carbocycles. The molecule has 0 aliphatic carbocycles. The first kappa shape index (κ1) is 23.0. The van der Waals surface area contributed by atoms with E-state index in [1.54, 1.807) is 42.5 Å². The SMILES string of the molecule is O=C(N1N=C(c2c(-c3ccccc3)c3cc(Br)ccc3[nH]c2=O)CC1c1ccccc1)C(F)(F)F. The number of hydrazone groups is 1. The minimum Gasteiger partial charge on any atom is -0.321 e. The van der Waals surface area contributed by atoms with Crippen molar-refractivity contribution in [2.75, 3.05) is 0 Å². The third kappa shape index (κ3) is 4.27. The first-order chi connectivity index (χ1) is 16.7. The zero-order valence-electron chi connectivity index (χ0n) is 18.0. The summed E-state index contributed by atoms with van der Waals surface area (Å²) < 4.78 is 41.2. The fourth-order valence-corrected chi connectivity index (χ4v) is 4.72. The number of carbonyl (C=O) groups excluding carboxylic acids is 1. The monoisotopic (exact) mass is 539 g/mol. The number of nitrogens with one attached hydrogen (secondary N) is 1. The number of pyridine rings is 1. The molecule has 0 saturated carbocycles. The molecule has 5 rings (SSSR count). The van der Waals surface area contributed by atoms with Crippen molar-refractivity contribution < 1.29 is 18.0 Å². The molecular formula is C26H17BrF3N3O2. The van der Waals surface area contributed by atoms with Gasteiger partial charge in [0.2, 0.25) is 0 Å². The van der Waals surface area contributed by atoms with Crippen LogP contribution in [0.25, 0.3) is 22.0 Å². The zero-order valence-corrected chi connectivity index (χ0v) is 19.6. The Morgan fingerprint density at radius 3 is 2.29 bits per heavy atom. The maximum atomic E-state index is 13.5. The summed E-state index contributed by atoms with van der Waals surface area (Å²) in [6, 6.07) is 21.8. The van der Waals surface area contributed by atoms with Crippen LogP contribution in [0.1, 0.15) is 23.6 Å². The van der Waals surface area contributed by atoms with Crippen LogP contribution in [0.4, 0.5) is 13.2 Å². The molecule has 1 aromatic heterocycles. The van der Waals surface area contributed by atoms with Gasteiger partial charge < -0.3 is 4.98 Å². The van der Waals surface area contributed by atoms with E-state index in [1.165, 1.54) is 0 Å². The maximum absolute atomic E-state index is 13.5. The standard InChI is InChI=1S/C26H17BrF3N3O2/c27-17-11-12-19-18(13-17)22(16-9-5-2-6-10-16)23(24(34)31-19)20-14-21(15-7-3-1-4-8-15)33(32-20)25(35)26(28,29)30/h1-13,21H,14H2,(H,31,34). The molecule has 1 aliphatic heterocycles. The lowest BCUT2D eigenvalue weighted by molar-refractivity contribution is -0.187.